The van der Waals surface area contributed by atoms with Gasteiger partial charge < -0.3 is 9.63 Å². The van der Waals surface area contributed by atoms with E-state index in [4.69, 9.17) is 4.52 Å². The summed E-state index contributed by atoms with van der Waals surface area (Å²) >= 11 is 0. The second kappa shape index (κ2) is 4.77. The first-order valence-corrected chi connectivity index (χ1v) is 6.04. The molecule has 4 nitrogen and oxygen atoms in total. The molecule has 1 heterocycles. The molecule has 100 valence electrons. The molecular formula is C15H11FN2O2. The molecule has 1 aromatic heterocycles. The molecule has 0 amide bonds. The van der Waals surface area contributed by atoms with Gasteiger partial charge in [-0.15, -0.1) is 0 Å². The minimum atomic E-state index is -0.423. The van der Waals surface area contributed by atoms with E-state index in [0.717, 1.165) is 5.56 Å². The summed E-state index contributed by atoms with van der Waals surface area (Å²) in [5.74, 6) is -0.0689. The standard InChI is InChI=1S/C15H11FN2O2/c1-9-6-7-11(13(19)8-9)15-17-14(18-20-15)10-4-2-3-5-12(10)16/h2-8,19H,1H3. The van der Waals surface area contributed by atoms with Gasteiger partial charge in [0.15, 0.2) is 0 Å². The van der Waals surface area contributed by atoms with Crippen LogP contribution in [0.4, 0.5) is 4.39 Å². The van der Waals surface area contributed by atoms with Crippen molar-refractivity contribution in [1.29, 1.82) is 0 Å². The number of phenols is 1. The summed E-state index contributed by atoms with van der Waals surface area (Å²) in [6, 6.07) is 11.3. The number of aryl methyl sites for hydroxylation is 1. The molecule has 3 aromatic rings. The largest absolute Gasteiger partial charge is 0.507 e. The number of hydrogen-bond acceptors (Lipinski definition) is 4. The van der Waals surface area contributed by atoms with Crippen LogP contribution in [0.15, 0.2) is 47.0 Å². The lowest BCUT2D eigenvalue weighted by atomic mass is 10.1. The van der Waals surface area contributed by atoms with E-state index in [2.05, 4.69) is 10.1 Å². The normalized spacial score (nSPS) is 10.7. The smallest absolute Gasteiger partial charge is 0.261 e. The van der Waals surface area contributed by atoms with Crippen molar-refractivity contribution in [3.05, 3.63) is 53.8 Å². The minimum Gasteiger partial charge on any atom is -0.507 e. The average Bonchev–Trinajstić information content (AvgIpc) is 2.88. The molecule has 0 aliphatic rings. The third-order valence-corrected chi connectivity index (χ3v) is 2.92. The summed E-state index contributed by atoms with van der Waals surface area (Å²) in [5.41, 5.74) is 1.60. The molecule has 0 unspecified atom stereocenters. The minimum absolute atomic E-state index is 0.0498. The van der Waals surface area contributed by atoms with Gasteiger partial charge in [-0.1, -0.05) is 23.4 Å². The van der Waals surface area contributed by atoms with Crippen LogP contribution < -0.4 is 0 Å². The molecule has 0 saturated heterocycles. The first kappa shape index (κ1) is 12.3. The fourth-order valence-corrected chi connectivity index (χ4v) is 1.91. The van der Waals surface area contributed by atoms with Crippen LogP contribution in [-0.4, -0.2) is 15.2 Å². The Bertz CT molecular complexity index is 768. The predicted octanol–water partition coefficient (Wildman–Crippen LogP) is 3.56. The number of aromatic nitrogens is 2. The Balaban J connectivity index is 2.04. The lowest BCUT2D eigenvalue weighted by molar-refractivity contribution is 0.425. The van der Waals surface area contributed by atoms with Gasteiger partial charge in [-0.2, -0.15) is 4.98 Å². The van der Waals surface area contributed by atoms with Gasteiger partial charge in [0.25, 0.3) is 5.89 Å². The Morgan fingerprint density at radius 1 is 1.10 bits per heavy atom. The van der Waals surface area contributed by atoms with Crippen LogP contribution in [0.5, 0.6) is 5.75 Å². The molecule has 0 aliphatic heterocycles. The van der Waals surface area contributed by atoms with E-state index < -0.39 is 5.82 Å². The molecule has 1 N–H and O–H groups in total. The zero-order chi connectivity index (χ0) is 14.1. The maximum Gasteiger partial charge on any atom is 0.261 e. The van der Waals surface area contributed by atoms with Crippen molar-refractivity contribution in [1.82, 2.24) is 10.1 Å². The van der Waals surface area contributed by atoms with Gasteiger partial charge in [0.1, 0.15) is 11.6 Å². The third-order valence-electron chi connectivity index (χ3n) is 2.92. The maximum atomic E-state index is 13.6. The number of hydrogen-bond donors (Lipinski definition) is 1. The summed E-state index contributed by atoms with van der Waals surface area (Å²) in [4.78, 5) is 4.12. The van der Waals surface area contributed by atoms with Gasteiger partial charge in [-0.25, -0.2) is 4.39 Å². The van der Waals surface area contributed by atoms with Crippen molar-refractivity contribution in [2.45, 2.75) is 6.92 Å². The first-order chi connectivity index (χ1) is 9.65. The number of rotatable bonds is 2. The molecular weight excluding hydrogens is 259 g/mol. The highest BCUT2D eigenvalue weighted by atomic mass is 19.1. The van der Waals surface area contributed by atoms with Crippen LogP contribution >= 0.6 is 0 Å². The molecule has 0 atom stereocenters. The monoisotopic (exact) mass is 270 g/mol. The van der Waals surface area contributed by atoms with Crippen molar-refractivity contribution < 1.29 is 14.0 Å². The lowest BCUT2D eigenvalue weighted by Gasteiger charge is -1.99. The molecule has 0 fully saturated rings. The van der Waals surface area contributed by atoms with Crippen molar-refractivity contribution >= 4 is 0 Å². The van der Waals surface area contributed by atoms with Crippen LogP contribution in [0, 0.1) is 12.7 Å². The van der Waals surface area contributed by atoms with Gasteiger partial charge >= 0.3 is 0 Å². The van der Waals surface area contributed by atoms with Gasteiger partial charge in [0.05, 0.1) is 11.1 Å². The third kappa shape index (κ3) is 2.14. The second-order valence-electron chi connectivity index (χ2n) is 4.42. The fraction of sp³-hybridized carbons (Fsp3) is 0.0667. The van der Waals surface area contributed by atoms with Gasteiger partial charge in [-0.3, -0.25) is 0 Å². The zero-order valence-electron chi connectivity index (χ0n) is 10.7. The Morgan fingerprint density at radius 2 is 1.90 bits per heavy atom. The number of halogens is 1. The van der Waals surface area contributed by atoms with Crippen LogP contribution in [0.2, 0.25) is 0 Å². The Hall–Kier alpha value is -2.69. The molecule has 0 bridgehead atoms. The molecule has 20 heavy (non-hydrogen) atoms. The SMILES string of the molecule is Cc1ccc(-c2nc(-c3ccccc3F)no2)c(O)c1. The Morgan fingerprint density at radius 3 is 2.65 bits per heavy atom. The maximum absolute atomic E-state index is 13.6. The Kier molecular flexibility index (Phi) is 2.95. The number of phenolic OH excluding ortho intramolecular Hbond substituents is 1. The average molecular weight is 270 g/mol. The lowest BCUT2D eigenvalue weighted by Crippen LogP contribution is -1.86. The number of benzene rings is 2. The van der Waals surface area contributed by atoms with E-state index in [9.17, 15) is 9.50 Å². The molecule has 0 aliphatic carbocycles. The molecule has 5 heteroatoms. The van der Waals surface area contributed by atoms with E-state index in [1.807, 2.05) is 13.0 Å². The van der Waals surface area contributed by atoms with E-state index in [0.29, 0.717) is 5.56 Å². The summed E-state index contributed by atoms with van der Waals surface area (Å²) in [5, 5.41) is 13.6. The van der Waals surface area contributed by atoms with Crippen molar-refractivity contribution in [2.24, 2.45) is 0 Å². The van der Waals surface area contributed by atoms with Crippen LogP contribution in [0.25, 0.3) is 22.8 Å². The second-order valence-corrected chi connectivity index (χ2v) is 4.42. The summed E-state index contributed by atoms with van der Waals surface area (Å²) in [7, 11) is 0. The fourth-order valence-electron chi connectivity index (χ4n) is 1.91. The van der Waals surface area contributed by atoms with Gasteiger partial charge in [-0.05, 0) is 36.8 Å². The Labute approximate surface area is 114 Å². The molecule has 0 spiro atoms. The molecule has 0 saturated carbocycles. The van der Waals surface area contributed by atoms with E-state index in [-0.39, 0.29) is 23.0 Å². The number of nitrogens with zero attached hydrogens (tertiary/aromatic N) is 2. The molecule has 0 radical (unpaired) electrons. The zero-order valence-corrected chi connectivity index (χ0v) is 10.7. The van der Waals surface area contributed by atoms with Gasteiger partial charge in [0, 0.05) is 0 Å². The highest BCUT2D eigenvalue weighted by Crippen LogP contribution is 2.30. The highest BCUT2D eigenvalue weighted by molar-refractivity contribution is 5.65. The van der Waals surface area contributed by atoms with E-state index in [1.54, 1.807) is 30.3 Å². The van der Waals surface area contributed by atoms with Crippen molar-refractivity contribution in [3.63, 3.8) is 0 Å². The highest BCUT2D eigenvalue weighted by Gasteiger charge is 2.15. The van der Waals surface area contributed by atoms with Crippen LogP contribution in [-0.2, 0) is 0 Å². The first-order valence-electron chi connectivity index (χ1n) is 6.04. The predicted molar refractivity (Wildman–Crippen MR) is 71.5 cm³/mol. The quantitative estimate of drug-likeness (QED) is 0.773. The molecule has 2 aromatic carbocycles. The topological polar surface area (TPSA) is 59.2 Å². The summed E-state index contributed by atoms with van der Waals surface area (Å²) in [6.45, 7) is 1.86. The van der Waals surface area contributed by atoms with Crippen molar-refractivity contribution in [2.75, 3.05) is 0 Å². The van der Waals surface area contributed by atoms with E-state index in [1.165, 1.54) is 6.07 Å². The van der Waals surface area contributed by atoms with Crippen LogP contribution in [0.1, 0.15) is 5.56 Å². The summed E-state index contributed by atoms with van der Waals surface area (Å²) < 4.78 is 18.7. The van der Waals surface area contributed by atoms with Crippen LogP contribution in [0.3, 0.4) is 0 Å². The van der Waals surface area contributed by atoms with Crippen molar-refractivity contribution in [3.8, 4) is 28.6 Å². The van der Waals surface area contributed by atoms with E-state index >= 15 is 0 Å². The summed E-state index contributed by atoms with van der Waals surface area (Å²) in [6.07, 6.45) is 0. The number of aromatic hydroxyl groups is 1. The molecule has 3 rings (SSSR count). The van der Waals surface area contributed by atoms with Gasteiger partial charge in [0.2, 0.25) is 5.82 Å².